The third-order valence-electron chi connectivity index (χ3n) is 6.49. The first-order valence-corrected chi connectivity index (χ1v) is 12.4. The Morgan fingerprint density at radius 3 is 2.49 bits per heavy atom. The van der Waals surface area contributed by atoms with E-state index in [0.29, 0.717) is 17.8 Å². The molecule has 0 unspecified atom stereocenters. The Hall–Kier alpha value is -3.75. The van der Waals surface area contributed by atoms with E-state index in [9.17, 15) is 14.0 Å². The first-order valence-electron chi connectivity index (χ1n) is 12.4. The average molecular weight is 506 g/mol. The first-order chi connectivity index (χ1) is 17.9. The number of benzene rings is 3. The van der Waals surface area contributed by atoms with Gasteiger partial charge in [-0.15, -0.1) is 0 Å². The molecule has 8 heteroatoms. The number of carbonyl (C=O) groups is 2. The van der Waals surface area contributed by atoms with Crippen LogP contribution in [0.2, 0.25) is 0 Å². The van der Waals surface area contributed by atoms with Crippen molar-refractivity contribution in [3.8, 4) is 11.1 Å². The van der Waals surface area contributed by atoms with Crippen LogP contribution in [-0.2, 0) is 22.6 Å². The van der Waals surface area contributed by atoms with Gasteiger partial charge in [-0.2, -0.15) is 0 Å². The van der Waals surface area contributed by atoms with Gasteiger partial charge in [0.05, 0.1) is 12.3 Å². The van der Waals surface area contributed by atoms with Gasteiger partial charge in [-0.3, -0.25) is 10.1 Å². The lowest BCUT2D eigenvalue weighted by Crippen LogP contribution is -2.36. The van der Waals surface area contributed by atoms with Crippen LogP contribution < -0.4 is 10.6 Å². The maximum absolute atomic E-state index is 13.9. The van der Waals surface area contributed by atoms with Crippen molar-refractivity contribution in [3.63, 3.8) is 0 Å². The highest BCUT2D eigenvalue weighted by Crippen LogP contribution is 2.30. The molecule has 2 amide bonds. The summed E-state index contributed by atoms with van der Waals surface area (Å²) in [6.45, 7) is 1.38. The minimum absolute atomic E-state index is 0.112. The fourth-order valence-electron chi connectivity index (χ4n) is 4.35. The number of rotatable bonds is 8. The number of carbonyl (C=O) groups excluding carboxylic acids is 2. The van der Waals surface area contributed by atoms with Crippen LogP contribution in [0, 0.1) is 5.82 Å². The Bertz CT molecular complexity index is 1230. The van der Waals surface area contributed by atoms with Gasteiger partial charge in [-0.25, -0.2) is 9.18 Å². The van der Waals surface area contributed by atoms with Crippen LogP contribution in [0.5, 0.6) is 0 Å². The van der Waals surface area contributed by atoms with Crippen LogP contribution in [0.15, 0.2) is 66.7 Å². The number of aliphatic hydroxyl groups is 1. The van der Waals surface area contributed by atoms with Gasteiger partial charge >= 0.3 is 6.09 Å². The minimum atomic E-state index is -0.570. The molecule has 1 saturated heterocycles. The van der Waals surface area contributed by atoms with Crippen molar-refractivity contribution in [2.45, 2.75) is 38.4 Å². The molecule has 0 atom stereocenters. The lowest BCUT2D eigenvalue weighted by molar-refractivity contribution is -0.116. The Kier molecular flexibility index (Phi) is 8.87. The maximum Gasteiger partial charge on any atom is 0.411 e. The molecule has 194 valence electrons. The number of halogens is 1. The average Bonchev–Trinajstić information content (AvgIpc) is 2.89. The van der Waals surface area contributed by atoms with Crippen molar-refractivity contribution in [1.82, 2.24) is 4.90 Å². The summed E-state index contributed by atoms with van der Waals surface area (Å²) < 4.78 is 19.6. The number of piperidine rings is 1. The largest absolute Gasteiger partial charge is 0.446 e. The molecular weight excluding hydrogens is 473 g/mol. The third-order valence-corrected chi connectivity index (χ3v) is 6.49. The van der Waals surface area contributed by atoms with E-state index in [1.807, 2.05) is 48.5 Å². The Balaban J connectivity index is 1.43. The predicted molar refractivity (Wildman–Crippen MR) is 142 cm³/mol. The number of nitrogens with zero attached hydrogens (tertiary/aromatic N) is 1. The Labute approximate surface area is 216 Å². The molecule has 0 saturated carbocycles. The maximum atomic E-state index is 13.9. The van der Waals surface area contributed by atoms with Crippen LogP contribution in [0.25, 0.3) is 11.1 Å². The molecule has 0 radical (unpaired) electrons. The molecule has 0 aliphatic carbocycles. The van der Waals surface area contributed by atoms with Crippen LogP contribution in [0.3, 0.4) is 0 Å². The number of aryl methyl sites for hydroxylation is 1. The summed E-state index contributed by atoms with van der Waals surface area (Å²) in [5.41, 5.74) is 3.79. The SMILES string of the molecule is CN1CCC(OC(=O)Nc2cc(CCC(=O)Nc3ccc(CO)c(F)c3)ccc2-c2ccccc2)CC1. The second-order valence-electron chi connectivity index (χ2n) is 9.29. The van der Waals surface area contributed by atoms with E-state index in [1.54, 1.807) is 6.07 Å². The lowest BCUT2D eigenvalue weighted by atomic mass is 9.99. The number of aliphatic hydroxyl groups excluding tert-OH is 1. The second-order valence-corrected chi connectivity index (χ2v) is 9.29. The molecular formula is C29H32FN3O4. The van der Waals surface area contributed by atoms with Crippen molar-refractivity contribution in [2.24, 2.45) is 0 Å². The number of hydrogen-bond acceptors (Lipinski definition) is 5. The number of hydrogen-bond donors (Lipinski definition) is 3. The molecule has 1 aliphatic rings. The summed E-state index contributed by atoms with van der Waals surface area (Å²) in [7, 11) is 2.05. The van der Waals surface area contributed by atoms with Gasteiger partial charge in [-0.05, 0) is 55.6 Å². The monoisotopic (exact) mass is 505 g/mol. The van der Waals surface area contributed by atoms with Crippen LogP contribution in [0.1, 0.15) is 30.4 Å². The summed E-state index contributed by atoms with van der Waals surface area (Å²) in [6, 6.07) is 19.6. The van der Waals surface area contributed by atoms with Gasteiger partial charge in [0.1, 0.15) is 11.9 Å². The highest BCUT2D eigenvalue weighted by Gasteiger charge is 2.21. The van der Waals surface area contributed by atoms with Crippen molar-refractivity contribution in [1.29, 1.82) is 0 Å². The fourth-order valence-corrected chi connectivity index (χ4v) is 4.35. The highest BCUT2D eigenvalue weighted by atomic mass is 19.1. The molecule has 0 aromatic heterocycles. The zero-order valence-corrected chi connectivity index (χ0v) is 20.9. The van der Waals surface area contributed by atoms with E-state index < -0.39 is 18.5 Å². The van der Waals surface area contributed by atoms with E-state index in [4.69, 9.17) is 9.84 Å². The van der Waals surface area contributed by atoms with Gasteiger partial charge in [0.15, 0.2) is 0 Å². The van der Waals surface area contributed by atoms with E-state index in [1.165, 1.54) is 12.1 Å². The summed E-state index contributed by atoms with van der Waals surface area (Å²) >= 11 is 0. The molecule has 1 aliphatic heterocycles. The standard InChI is InChI=1S/C29H32FN3O4/c1-33-15-13-24(14-16-33)37-29(36)32-27-17-20(7-11-25(27)21-5-3-2-4-6-21)8-12-28(35)31-23-10-9-22(19-34)26(30)18-23/h2-7,9-11,17-18,24,34H,8,12-16,19H2,1H3,(H,31,35)(H,32,36). The number of amides is 2. The summed E-state index contributed by atoms with van der Waals surface area (Å²) in [5.74, 6) is -0.834. The Morgan fingerprint density at radius 2 is 1.78 bits per heavy atom. The number of nitrogens with one attached hydrogen (secondary N) is 2. The minimum Gasteiger partial charge on any atom is -0.446 e. The summed E-state index contributed by atoms with van der Waals surface area (Å²) in [5, 5.41) is 14.7. The molecule has 1 fully saturated rings. The number of anilines is 2. The zero-order chi connectivity index (χ0) is 26.2. The molecule has 37 heavy (non-hydrogen) atoms. The van der Waals surface area contributed by atoms with E-state index in [0.717, 1.165) is 42.6 Å². The molecule has 1 heterocycles. The first kappa shape index (κ1) is 26.3. The topological polar surface area (TPSA) is 90.9 Å². The zero-order valence-electron chi connectivity index (χ0n) is 20.9. The van der Waals surface area contributed by atoms with E-state index >= 15 is 0 Å². The normalized spacial score (nSPS) is 14.2. The number of likely N-dealkylation sites (tertiary alicyclic amines) is 1. The van der Waals surface area contributed by atoms with Crippen molar-refractivity contribution in [2.75, 3.05) is 30.8 Å². The molecule has 0 bridgehead atoms. The van der Waals surface area contributed by atoms with E-state index in [-0.39, 0.29) is 24.0 Å². The van der Waals surface area contributed by atoms with Crippen molar-refractivity contribution >= 4 is 23.4 Å². The molecule has 7 nitrogen and oxygen atoms in total. The predicted octanol–water partition coefficient (Wildman–Crippen LogP) is 5.20. The summed E-state index contributed by atoms with van der Waals surface area (Å²) in [4.78, 5) is 27.4. The van der Waals surface area contributed by atoms with Gasteiger partial charge in [0, 0.05) is 36.3 Å². The van der Waals surface area contributed by atoms with Crippen LogP contribution in [0.4, 0.5) is 20.6 Å². The molecule has 4 rings (SSSR count). The summed E-state index contributed by atoms with van der Waals surface area (Å²) in [6.07, 6.45) is 1.60. The third kappa shape index (κ3) is 7.38. The molecule has 0 spiro atoms. The van der Waals surface area contributed by atoms with Gasteiger partial charge in [-0.1, -0.05) is 48.5 Å². The number of ether oxygens (including phenoxy) is 1. The lowest BCUT2D eigenvalue weighted by Gasteiger charge is -2.28. The molecule has 3 N–H and O–H groups in total. The van der Waals surface area contributed by atoms with Crippen LogP contribution in [-0.4, -0.2) is 48.2 Å². The van der Waals surface area contributed by atoms with Crippen molar-refractivity contribution in [3.05, 3.63) is 83.7 Å². The molecule has 3 aromatic rings. The van der Waals surface area contributed by atoms with Crippen LogP contribution >= 0.6 is 0 Å². The molecule has 3 aromatic carbocycles. The second kappa shape index (κ2) is 12.5. The smallest absolute Gasteiger partial charge is 0.411 e. The quantitative estimate of drug-likeness (QED) is 0.392. The van der Waals surface area contributed by atoms with Crippen molar-refractivity contribution < 1.29 is 23.8 Å². The fraction of sp³-hybridized carbons (Fsp3) is 0.310. The highest BCUT2D eigenvalue weighted by molar-refractivity contribution is 5.92. The van der Waals surface area contributed by atoms with Gasteiger partial charge < -0.3 is 20.1 Å². The van der Waals surface area contributed by atoms with E-state index in [2.05, 4.69) is 22.6 Å². The van der Waals surface area contributed by atoms with Gasteiger partial charge in [0.2, 0.25) is 5.91 Å². The Morgan fingerprint density at radius 1 is 1.03 bits per heavy atom. The van der Waals surface area contributed by atoms with Gasteiger partial charge in [0.25, 0.3) is 0 Å².